The zero-order valence-electron chi connectivity index (χ0n) is 11.2. The van der Waals surface area contributed by atoms with Crippen LogP contribution in [0.4, 0.5) is 5.69 Å². The second kappa shape index (κ2) is 5.89. The number of anilines is 1. The van der Waals surface area contributed by atoms with Gasteiger partial charge in [0.1, 0.15) is 6.07 Å². The number of nitriles is 1. The zero-order chi connectivity index (χ0) is 14.7. The van der Waals surface area contributed by atoms with Crippen LogP contribution in [-0.2, 0) is 0 Å². The molecular formula is C16H13BrN2O. The Bertz CT molecular complexity index is 717. The van der Waals surface area contributed by atoms with Gasteiger partial charge in [-0.25, -0.2) is 0 Å². The van der Waals surface area contributed by atoms with Crippen molar-refractivity contribution >= 4 is 27.5 Å². The molecule has 0 saturated heterocycles. The second-order valence-corrected chi connectivity index (χ2v) is 5.42. The average molecular weight is 329 g/mol. The van der Waals surface area contributed by atoms with Crippen LogP contribution >= 0.6 is 15.9 Å². The van der Waals surface area contributed by atoms with Gasteiger partial charge in [0.2, 0.25) is 0 Å². The number of nitrogens with one attached hydrogen (secondary N) is 1. The number of halogens is 1. The minimum absolute atomic E-state index is 0.208. The number of rotatable bonds is 2. The van der Waals surface area contributed by atoms with Crippen molar-refractivity contribution in [2.75, 3.05) is 5.32 Å². The Labute approximate surface area is 126 Å². The molecule has 0 unspecified atom stereocenters. The largest absolute Gasteiger partial charge is 0.321 e. The van der Waals surface area contributed by atoms with Gasteiger partial charge in [-0.05, 0) is 49.2 Å². The summed E-state index contributed by atoms with van der Waals surface area (Å²) in [5.74, 6) is -0.208. The maximum atomic E-state index is 12.3. The molecule has 0 saturated carbocycles. The van der Waals surface area contributed by atoms with E-state index in [1.165, 1.54) is 0 Å². The quantitative estimate of drug-likeness (QED) is 0.898. The summed E-state index contributed by atoms with van der Waals surface area (Å²) in [5.41, 5.74) is 3.57. The third kappa shape index (κ3) is 2.89. The number of nitrogens with zero attached hydrogens (tertiary/aromatic N) is 1. The Morgan fingerprint density at radius 3 is 2.70 bits per heavy atom. The van der Waals surface area contributed by atoms with Crippen LogP contribution in [0.15, 0.2) is 40.9 Å². The van der Waals surface area contributed by atoms with Gasteiger partial charge in [-0.3, -0.25) is 4.79 Å². The second-order valence-electron chi connectivity index (χ2n) is 4.50. The molecule has 20 heavy (non-hydrogen) atoms. The highest BCUT2D eigenvalue weighted by atomic mass is 79.9. The number of carbonyl (C=O) groups excluding carboxylic acids is 1. The maximum absolute atomic E-state index is 12.3. The lowest BCUT2D eigenvalue weighted by Crippen LogP contribution is -2.14. The molecule has 0 fully saturated rings. The van der Waals surface area contributed by atoms with Crippen molar-refractivity contribution in [2.24, 2.45) is 0 Å². The predicted molar refractivity (Wildman–Crippen MR) is 82.7 cm³/mol. The van der Waals surface area contributed by atoms with Gasteiger partial charge in [0.05, 0.1) is 11.3 Å². The SMILES string of the molecule is Cc1cccc(C(=O)Nc2cc(Br)ccc2C#N)c1C. The third-order valence-electron chi connectivity index (χ3n) is 3.20. The number of aryl methyl sites for hydroxylation is 1. The molecule has 0 aromatic heterocycles. The maximum Gasteiger partial charge on any atom is 0.255 e. The van der Waals surface area contributed by atoms with Crippen LogP contribution < -0.4 is 5.32 Å². The summed E-state index contributed by atoms with van der Waals surface area (Å²) in [6.07, 6.45) is 0. The first-order valence-corrected chi connectivity index (χ1v) is 6.89. The first-order chi connectivity index (χ1) is 9.52. The molecule has 0 aliphatic carbocycles. The van der Waals surface area contributed by atoms with Crippen molar-refractivity contribution in [1.29, 1.82) is 5.26 Å². The molecule has 0 aliphatic heterocycles. The fraction of sp³-hybridized carbons (Fsp3) is 0.125. The first-order valence-electron chi connectivity index (χ1n) is 6.10. The molecule has 2 aromatic rings. The lowest BCUT2D eigenvalue weighted by molar-refractivity contribution is 0.102. The van der Waals surface area contributed by atoms with Gasteiger partial charge in [0.25, 0.3) is 5.91 Å². The number of amides is 1. The Morgan fingerprint density at radius 2 is 2.00 bits per heavy atom. The van der Waals surface area contributed by atoms with Crippen LogP contribution in [0.2, 0.25) is 0 Å². The Kier molecular flexibility index (Phi) is 4.21. The van der Waals surface area contributed by atoms with Crippen LogP contribution in [0.3, 0.4) is 0 Å². The molecule has 0 atom stereocenters. The van der Waals surface area contributed by atoms with E-state index in [2.05, 4.69) is 27.3 Å². The van der Waals surface area contributed by atoms with Crippen molar-refractivity contribution in [3.63, 3.8) is 0 Å². The van der Waals surface area contributed by atoms with E-state index < -0.39 is 0 Å². The molecular weight excluding hydrogens is 316 g/mol. The average Bonchev–Trinajstić information content (AvgIpc) is 2.42. The fourth-order valence-electron chi connectivity index (χ4n) is 1.90. The van der Waals surface area contributed by atoms with E-state index in [4.69, 9.17) is 5.26 Å². The third-order valence-corrected chi connectivity index (χ3v) is 3.69. The minimum Gasteiger partial charge on any atom is -0.321 e. The van der Waals surface area contributed by atoms with Gasteiger partial charge in [0.15, 0.2) is 0 Å². The van der Waals surface area contributed by atoms with Gasteiger partial charge in [-0.1, -0.05) is 28.1 Å². The molecule has 3 nitrogen and oxygen atoms in total. The van der Waals surface area contributed by atoms with Gasteiger partial charge < -0.3 is 5.32 Å². The molecule has 2 aromatic carbocycles. The molecule has 0 aliphatic rings. The monoisotopic (exact) mass is 328 g/mol. The molecule has 1 amide bonds. The highest BCUT2D eigenvalue weighted by Crippen LogP contribution is 2.22. The van der Waals surface area contributed by atoms with E-state index >= 15 is 0 Å². The molecule has 0 heterocycles. The highest BCUT2D eigenvalue weighted by molar-refractivity contribution is 9.10. The molecule has 1 N–H and O–H groups in total. The lowest BCUT2D eigenvalue weighted by atomic mass is 10.0. The van der Waals surface area contributed by atoms with Gasteiger partial charge in [-0.15, -0.1) is 0 Å². The van der Waals surface area contributed by atoms with Crippen LogP contribution in [-0.4, -0.2) is 5.91 Å². The summed E-state index contributed by atoms with van der Waals surface area (Å²) < 4.78 is 0.813. The standard InChI is InChI=1S/C16H13BrN2O/c1-10-4-3-5-14(11(10)2)16(20)19-15-8-13(17)7-6-12(15)9-18/h3-8H,1-2H3,(H,19,20). The summed E-state index contributed by atoms with van der Waals surface area (Å²) in [7, 11) is 0. The molecule has 0 bridgehead atoms. The van der Waals surface area contributed by atoms with E-state index in [0.29, 0.717) is 16.8 Å². The van der Waals surface area contributed by atoms with E-state index in [0.717, 1.165) is 15.6 Å². The number of hydrogen-bond donors (Lipinski definition) is 1. The van der Waals surface area contributed by atoms with Gasteiger partial charge in [-0.2, -0.15) is 5.26 Å². The van der Waals surface area contributed by atoms with E-state index in [9.17, 15) is 4.79 Å². The summed E-state index contributed by atoms with van der Waals surface area (Å²) in [6.45, 7) is 3.88. The first kappa shape index (κ1) is 14.3. The Hall–Kier alpha value is -2.12. The van der Waals surface area contributed by atoms with Crippen molar-refractivity contribution in [2.45, 2.75) is 13.8 Å². The molecule has 0 radical (unpaired) electrons. The summed E-state index contributed by atoms with van der Waals surface area (Å²) >= 11 is 3.34. The number of benzene rings is 2. The summed E-state index contributed by atoms with van der Waals surface area (Å²) in [5, 5.41) is 11.9. The van der Waals surface area contributed by atoms with Crippen molar-refractivity contribution in [3.05, 3.63) is 63.1 Å². The normalized spacial score (nSPS) is 9.90. The molecule has 4 heteroatoms. The minimum atomic E-state index is -0.208. The van der Waals surface area contributed by atoms with E-state index in [1.807, 2.05) is 26.0 Å². The van der Waals surface area contributed by atoms with Crippen LogP contribution in [0.5, 0.6) is 0 Å². The molecule has 2 rings (SSSR count). The topological polar surface area (TPSA) is 52.9 Å². The Balaban J connectivity index is 2.35. The number of hydrogen-bond acceptors (Lipinski definition) is 2. The summed E-state index contributed by atoms with van der Waals surface area (Å²) in [4.78, 5) is 12.3. The molecule has 0 spiro atoms. The van der Waals surface area contributed by atoms with Gasteiger partial charge >= 0.3 is 0 Å². The zero-order valence-corrected chi connectivity index (χ0v) is 12.8. The van der Waals surface area contributed by atoms with Crippen LogP contribution in [0.25, 0.3) is 0 Å². The van der Waals surface area contributed by atoms with Crippen LogP contribution in [0.1, 0.15) is 27.0 Å². The van der Waals surface area contributed by atoms with E-state index in [1.54, 1.807) is 24.3 Å². The summed E-state index contributed by atoms with van der Waals surface area (Å²) in [6, 6.07) is 12.8. The van der Waals surface area contributed by atoms with Gasteiger partial charge in [0, 0.05) is 10.0 Å². The number of carbonyl (C=O) groups is 1. The predicted octanol–water partition coefficient (Wildman–Crippen LogP) is 4.19. The highest BCUT2D eigenvalue weighted by Gasteiger charge is 2.12. The lowest BCUT2D eigenvalue weighted by Gasteiger charge is -2.10. The Morgan fingerprint density at radius 1 is 1.25 bits per heavy atom. The van der Waals surface area contributed by atoms with Crippen molar-refractivity contribution < 1.29 is 4.79 Å². The van der Waals surface area contributed by atoms with Crippen LogP contribution in [0, 0.1) is 25.2 Å². The molecule has 100 valence electrons. The van der Waals surface area contributed by atoms with Crippen molar-refractivity contribution in [1.82, 2.24) is 0 Å². The smallest absolute Gasteiger partial charge is 0.255 e. The van der Waals surface area contributed by atoms with E-state index in [-0.39, 0.29) is 5.91 Å². The van der Waals surface area contributed by atoms with Crippen molar-refractivity contribution in [3.8, 4) is 6.07 Å². The fourth-order valence-corrected chi connectivity index (χ4v) is 2.27.